The van der Waals surface area contributed by atoms with Gasteiger partial charge in [-0.2, -0.15) is 0 Å². The normalized spacial score (nSPS) is 19.7. The Bertz CT molecular complexity index is 333. The number of thiophene rings is 1. The molecule has 0 spiro atoms. The highest BCUT2D eigenvalue weighted by molar-refractivity contribution is 7.18. The second kappa shape index (κ2) is 3.30. The monoisotopic (exact) mass is 193 g/mol. The molecule has 0 amide bonds. The van der Waals surface area contributed by atoms with Crippen molar-refractivity contribution in [2.24, 2.45) is 9.98 Å². The Hall–Kier alpha value is -1.16. The van der Waals surface area contributed by atoms with E-state index in [4.69, 9.17) is 0 Å². The van der Waals surface area contributed by atoms with Gasteiger partial charge >= 0.3 is 0 Å². The molecule has 68 valence electrons. The topological polar surface area (TPSA) is 36.8 Å². The van der Waals surface area contributed by atoms with Gasteiger partial charge in [0, 0.05) is 19.5 Å². The Morgan fingerprint density at radius 2 is 2.38 bits per heavy atom. The van der Waals surface area contributed by atoms with Crippen LogP contribution in [0.5, 0.6) is 0 Å². The Kier molecular flexibility index (Phi) is 2.14. The van der Waals surface area contributed by atoms with Gasteiger partial charge in [0.2, 0.25) is 0 Å². The molecule has 0 saturated carbocycles. The highest BCUT2D eigenvalue weighted by Gasteiger charge is 2.08. The molecule has 0 aromatic carbocycles. The molecule has 2 rings (SSSR count). The smallest absolute Gasteiger partial charge is 0.0909 e. The molecule has 1 atom stereocenters. The summed E-state index contributed by atoms with van der Waals surface area (Å²) in [6, 6.07) is 2.23. The summed E-state index contributed by atoms with van der Waals surface area (Å²) in [5.41, 5.74) is 1.02. The van der Waals surface area contributed by atoms with Crippen LogP contribution < -0.4 is 5.32 Å². The summed E-state index contributed by atoms with van der Waals surface area (Å²) in [4.78, 5) is 9.81. The van der Waals surface area contributed by atoms with Crippen molar-refractivity contribution in [3.63, 3.8) is 0 Å². The van der Waals surface area contributed by atoms with E-state index in [0.29, 0.717) is 0 Å². The van der Waals surface area contributed by atoms with E-state index < -0.39 is 0 Å². The van der Waals surface area contributed by atoms with E-state index in [2.05, 4.69) is 15.3 Å². The lowest BCUT2D eigenvalue weighted by atomic mass is 10.4. The third-order valence-corrected chi connectivity index (χ3v) is 2.92. The average Bonchev–Trinajstić information content (AvgIpc) is 2.47. The number of fused-ring (bicyclic) bond motifs is 1. The number of nitrogens with one attached hydrogen (secondary N) is 1. The first-order valence-electron chi connectivity index (χ1n) is 4.18. The molecule has 1 unspecified atom stereocenters. The van der Waals surface area contributed by atoms with E-state index in [9.17, 15) is 0 Å². The molecular formula is C9H11N3S. The number of nitrogens with zero attached hydrogens (tertiary/aromatic N) is 2. The lowest BCUT2D eigenvalue weighted by molar-refractivity contribution is 1.01. The van der Waals surface area contributed by atoms with Gasteiger partial charge < -0.3 is 5.32 Å². The van der Waals surface area contributed by atoms with E-state index in [1.54, 1.807) is 11.3 Å². The van der Waals surface area contributed by atoms with Crippen molar-refractivity contribution in [3.05, 3.63) is 10.9 Å². The summed E-state index contributed by atoms with van der Waals surface area (Å²) in [7, 11) is 1.91. The van der Waals surface area contributed by atoms with Crippen LogP contribution >= 0.6 is 11.3 Å². The standard InChI is InChI=1S/C9H11N3S/c1-6-4-12-7-3-9(10-2)13-8(7)5-11-6/h3-6,10H,1-2H3. The zero-order chi connectivity index (χ0) is 9.26. The quantitative estimate of drug-likeness (QED) is 0.730. The van der Waals surface area contributed by atoms with Crippen LogP contribution in [0.1, 0.15) is 11.8 Å². The van der Waals surface area contributed by atoms with Crippen LogP contribution in [-0.2, 0) is 0 Å². The Labute approximate surface area is 81.2 Å². The van der Waals surface area contributed by atoms with E-state index in [-0.39, 0.29) is 6.04 Å². The fourth-order valence-corrected chi connectivity index (χ4v) is 1.96. The lowest BCUT2D eigenvalue weighted by Crippen LogP contribution is -1.96. The van der Waals surface area contributed by atoms with E-state index in [0.717, 1.165) is 15.6 Å². The van der Waals surface area contributed by atoms with Crippen molar-refractivity contribution in [1.29, 1.82) is 0 Å². The molecule has 4 heteroatoms. The summed E-state index contributed by atoms with van der Waals surface area (Å²) in [6.07, 6.45) is 3.77. The zero-order valence-corrected chi connectivity index (χ0v) is 8.43. The van der Waals surface area contributed by atoms with Crippen molar-refractivity contribution < 1.29 is 0 Å². The second-order valence-corrected chi connectivity index (χ2v) is 3.99. The SMILES string of the molecule is CNc1cc2c(s1)C=NC(C)C=N2. The van der Waals surface area contributed by atoms with Crippen LogP contribution in [0.4, 0.5) is 10.7 Å². The van der Waals surface area contributed by atoms with E-state index in [1.165, 1.54) is 0 Å². The molecule has 1 N–H and O–H groups in total. The predicted octanol–water partition coefficient (Wildman–Crippen LogP) is 2.31. The minimum atomic E-state index is 0.192. The van der Waals surface area contributed by atoms with Gasteiger partial charge in [-0.1, -0.05) is 0 Å². The number of hydrogen-bond donors (Lipinski definition) is 1. The van der Waals surface area contributed by atoms with Gasteiger partial charge in [-0.05, 0) is 13.0 Å². The minimum Gasteiger partial charge on any atom is -0.380 e. The lowest BCUT2D eigenvalue weighted by Gasteiger charge is -1.92. The van der Waals surface area contributed by atoms with Crippen LogP contribution in [0, 0.1) is 0 Å². The fourth-order valence-electron chi connectivity index (χ4n) is 1.12. The van der Waals surface area contributed by atoms with Crippen molar-refractivity contribution in [2.45, 2.75) is 13.0 Å². The maximum absolute atomic E-state index is 4.36. The molecule has 1 aliphatic rings. The summed E-state index contributed by atoms with van der Waals surface area (Å²) >= 11 is 1.68. The molecule has 0 radical (unpaired) electrons. The predicted molar refractivity (Wildman–Crippen MR) is 59.1 cm³/mol. The van der Waals surface area contributed by atoms with Gasteiger partial charge in [0.1, 0.15) is 0 Å². The third-order valence-electron chi connectivity index (χ3n) is 1.84. The van der Waals surface area contributed by atoms with E-state index in [1.807, 2.05) is 32.5 Å². The van der Waals surface area contributed by atoms with Crippen LogP contribution in [0.25, 0.3) is 0 Å². The largest absolute Gasteiger partial charge is 0.380 e. The average molecular weight is 193 g/mol. The summed E-state index contributed by atoms with van der Waals surface area (Å²) < 4.78 is 0. The number of hydrogen-bond acceptors (Lipinski definition) is 4. The van der Waals surface area contributed by atoms with Crippen molar-refractivity contribution >= 4 is 34.5 Å². The second-order valence-electron chi connectivity index (χ2n) is 2.91. The Morgan fingerprint density at radius 3 is 3.15 bits per heavy atom. The number of anilines is 1. The molecule has 1 aromatic heterocycles. The first-order chi connectivity index (χ1) is 6.29. The first kappa shape index (κ1) is 8.44. The van der Waals surface area contributed by atoms with Gasteiger partial charge in [-0.25, -0.2) is 0 Å². The van der Waals surface area contributed by atoms with Gasteiger partial charge in [0.25, 0.3) is 0 Å². The maximum atomic E-state index is 4.36. The highest BCUT2D eigenvalue weighted by Crippen LogP contribution is 2.32. The molecule has 3 nitrogen and oxygen atoms in total. The van der Waals surface area contributed by atoms with Crippen LogP contribution in [0.15, 0.2) is 16.1 Å². The van der Waals surface area contributed by atoms with Gasteiger partial charge in [-0.15, -0.1) is 11.3 Å². The number of rotatable bonds is 1. The Morgan fingerprint density at radius 1 is 1.54 bits per heavy atom. The van der Waals surface area contributed by atoms with Crippen molar-refractivity contribution in [1.82, 2.24) is 0 Å². The molecule has 0 fully saturated rings. The van der Waals surface area contributed by atoms with Crippen molar-refractivity contribution in [3.8, 4) is 0 Å². The summed E-state index contributed by atoms with van der Waals surface area (Å²) in [5.74, 6) is 0. The molecule has 0 bridgehead atoms. The summed E-state index contributed by atoms with van der Waals surface area (Å²) in [5, 5.41) is 4.23. The first-order valence-corrected chi connectivity index (χ1v) is 5.00. The minimum absolute atomic E-state index is 0.192. The van der Waals surface area contributed by atoms with Crippen molar-refractivity contribution in [2.75, 3.05) is 12.4 Å². The molecule has 13 heavy (non-hydrogen) atoms. The van der Waals surface area contributed by atoms with Gasteiger partial charge in [0.15, 0.2) is 0 Å². The van der Waals surface area contributed by atoms with Crippen LogP contribution in [0.2, 0.25) is 0 Å². The molecular weight excluding hydrogens is 182 g/mol. The maximum Gasteiger partial charge on any atom is 0.0909 e. The van der Waals surface area contributed by atoms with E-state index >= 15 is 0 Å². The molecule has 0 saturated heterocycles. The zero-order valence-electron chi connectivity index (χ0n) is 7.61. The molecule has 1 aromatic rings. The van der Waals surface area contributed by atoms with Crippen LogP contribution in [0.3, 0.4) is 0 Å². The Balaban J connectivity index is 2.42. The van der Waals surface area contributed by atoms with Gasteiger partial charge in [-0.3, -0.25) is 9.98 Å². The fraction of sp³-hybridized carbons (Fsp3) is 0.333. The molecule has 2 heterocycles. The number of aliphatic imine (C=N–C) groups is 2. The summed E-state index contributed by atoms with van der Waals surface area (Å²) in [6.45, 7) is 2.02. The molecule has 1 aliphatic heterocycles. The molecule has 0 aliphatic carbocycles. The van der Waals surface area contributed by atoms with Gasteiger partial charge in [0.05, 0.1) is 21.6 Å². The third kappa shape index (κ3) is 1.62. The van der Waals surface area contributed by atoms with Crippen LogP contribution in [-0.4, -0.2) is 25.5 Å². The highest BCUT2D eigenvalue weighted by atomic mass is 32.1.